The Kier molecular flexibility index (Phi) is 5.70. The predicted octanol–water partition coefficient (Wildman–Crippen LogP) is 3.62. The molecule has 0 aromatic carbocycles. The van der Waals surface area contributed by atoms with Crippen LogP contribution in [0.2, 0.25) is 0 Å². The molecule has 4 fully saturated rings. The summed E-state index contributed by atoms with van der Waals surface area (Å²) in [7, 11) is 0. The van der Waals surface area contributed by atoms with E-state index in [0.29, 0.717) is 0 Å². The minimum atomic E-state index is 0.769. The van der Waals surface area contributed by atoms with Gasteiger partial charge in [0.1, 0.15) is 0 Å². The average molecular weight is 266 g/mol. The van der Waals surface area contributed by atoms with Crippen LogP contribution in [-0.4, -0.2) is 48.1 Å². The largest absolute Gasteiger partial charge is 0.301 e. The third kappa shape index (κ3) is 4.46. The molecule has 0 N–H and O–H groups in total. The monoisotopic (exact) mass is 266 g/mol. The maximum atomic E-state index is 2.63. The fourth-order valence-electron chi connectivity index (χ4n) is 3.77. The second-order valence-corrected chi connectivity index (χ2v) is 7.44. The number of nitrogens with zero attached hydrogens (tertiary/aromatic N) is 2. The molecular formula is C17H34N2. The van der Waals surface area contributed by atoms with Crippen molar-refractivity contribution in [2.75, 3.05) is 26.2 Å². The SMILES string of the molecule is CC(C)N1CC2CC(C2)C1.CC(C)N1CCCCC1. The first-order chi connectivity index (χ1) is 9.06. The molecule has 4 aliphatic rings. The summed E-state index contributed by atoms with van der Waals surface area (Å²) in [5.41, 5.74) is 0. The zero-order valence-electron chi connectivity index (χ0n) is 13.6. The molecular weight excluding hydrogens is 232 g/mol. The van der Waals surface area contributed by atoms with E-state index in [1.54, 1.807) is 0 Å². The topological polar surface area (TPSA) is 6.48 Å². The van der Waals surface area contributed by atoms with Gasteiger partial charge in [0.05, 0.1) is 0 Å². The van der Waals surface area contributed by atoms with E-state index in [9.17, 15) is 0 Å². The number of hydrogen-bond acceptors (Lipinski definition) is 2. The Morgan fingerprint density at radius 2 is 1.16 bits per heavy atom. The highest BCUT2D eigenvalue weighted by Gasteiger charge is 2.37. The highest BCUT2D eigenvalue weighted by atomic mass is 15.2. The van der Waals surface area contributed by atoms with E-state index < -0.39 is 0 Å². The fraction of sp³-hybridized carbons (Fsp3) is 1.00. The van der Waals surface area contributed by atoms with Gasteiger partial charge in [-0.3, -0.25) is 0 Å². The van der Waals surface area contributed by atoms with Gasteiger partial charge >= 0.3 is 0 Å². The van der Waals surface area contributed by atoms with Crippen molar-refractivity contribution in [1.29, 1.82) is 0 Å². The number of rotatable bonds is 2. The van der Waals surface area contributed by atoms with Crippen LogP contribution in [0.4, 0.5) is 0 Å². The number of fused-ring (bicyclic) bond motifs is 2. The lowest BCUT2D eigenvalue weighted by Gasteiger charge is -2.48. The quantitative estimate of drug-likeness (QED) is 0.753. The summed E-state index contributed by atoms with van der Waals surface area (Å²) in [6.45, 7) is 14.6. The van der Waals surface area contributed by atoms with Gasteiger partial charge in [-0.25, -0.2) is 0 Å². The summed E-state index contributed by atoms with van der Waals surface area (Å²) in [5, 5.41) is 0. The molecule has 0 spiro atoms. The van der Waals surface area contributed by atoms with Crippen LogP contribution < -0.4 is 0 Å². The minimum Gasteiger partial charge on any atom is -0.301 e. The molecule has 0 radical (unpaired) electrons. The first-order valence-electron chi connectivity index (χ1n) is 8.54. The Balaban J connectivity index is 0.000000141. The van der Waals surface area contributed by atoms with Crippen LogP contribution in [0.15, 0.2) is 0 Å². The summed E-state index contributed by atoms with van der Waals surface area (Å²) in [4.78, 5) is 5.19. The number of hydrogen-bond donors (Lipinski definition) is 0. The lowest BCUT2D eigenvalue weighted by molar-refractivity contribution is 0.00980. The van der Waals surface area contributed by atoms with Gasteiger partial charge in [-0.05, 0) is 78.3 Å². The summed E-state index contributed by atoms with van der Waals surface area (Å²) in [6, 6.07) is 1.55. The zero-order valence-corrected chi connectivity index (χ0v) is 13.6. The highest BCUT2D eigenvalue weighted by molar-refractivity contribution is 4.90. The van der Waals surface area contributed by atoms with Crippen molar-refractivity contribution in [3.8, 4) is 0 Å². The molecule has 0 aromatic rings. The number of likely N-dealkylation sites (tertiary alicyclic amines) is 1. The van der Waals surface area contributed by atoms with E-state index in [1.165, 1.54) is 58.3 Å². The number of piperidine rings is 3. The molecule has 3 saturated heterocycles. The lowest BCUT2D eigenvalue weighted by atomic mass is 9.71. The van der Waals surface area contributed by atoms with Gasteiger partial charge in [-0.15, -0.1) is 0 Å². The van der Waals surface area contributed by atoms with Gasteiger partial charge in [0, 0.05) is 25.2 Å². The molecule has 19 heavy (non-hydrogen) atoms. The molecule has 2 heteroatoms. The van der Waals surface area contributed by atoms with Crippen LogP contribution in [0, 0.1) is 11.8 Å². The molecule has 3 heterocycles. The van der Waals surface area contributed by atoms with Crippen molar-refractivity contribution in [2.24, 2.45) is 11.8 Å². The van der Waals surface area contributed by atoms with Crippen LogP contribution in [0.25, 0.3) is 0 Å². The highest BCUT2D eigenvalue weighted by Crippen LogP contribution is 2.39. The molecule has 1 saturated carbocycles. The van der Waals surface area contributed by atoms with Crippen LogP contribution in [0.1, 0.15) is 59.8 Å². The maximum Gasteiger partial charge on any atom is 0.00388 e. The Morgan fingerprint density at radius 1 is 0.684 bits per heavy atom. The first kappa shape index (κ1) is 15.3. The van der Waals surface area contributed by atoms with Crippen molar-refractivity contribution >= 4 is 0 Å². The Morgan fingerprint density at radius 3 is 1.47 bits per heavy atom. The van der Waals surface area contributed by atoms with Crippen molar-refractivity contribution in [3.63, 3.8) is 0 Å². The molecule has 2 bridgehead atoms. The molecule has 2 nitrogen and oxygen atoms in total. The van der Waals surface area contributed by atoms with Gasteiger partial charge < -0.3 is 9.80 Å². The van der Waals surface area contributed by atoms with Crippen molar-refractivity contribution in [2.45, 2.75) is 71.9 Å². The molecule has 0 unspecified atom stereocenters. The molecule has 0 aromatic heterocycles. The van der Waals surface area contributed by atoms with Crippen molar-refractivity contribution in [1.82, 2.24) is 9.80 Å². The second-order valence-electron chi connectivity index (χ2n) is 7.44. The van der Waals surface area contributed by atoms with Gasteiger partial charge in [0.2, 0.25) is 0 Å². The maximum absolute atomic E-state index is 2.63. The van der Waals surface area contributed by atoms with Crippen molar-refractivity contribution in [3.05, 3.63) is 0 Å². The molecule has 0 amide bonds. The normalized spacial score (nSPS) is 31.9. The Hall–Kier alpha value is -0.0800. The fourth-order valence-corrected chi connectivity index (χ4v) is 3.77. The Labute approximate surface area is 120 Å². The average Bonchev–Trinajstić information content (AvgIpc) is 2.40. The van der Waals surface area contributed by atoms with Crippen LogP contribution in [-0.2, 0) is 0 Å². The van der Waals surface area contributed by atoms with E-state index in [2.05, 4.69) is 37.5 Å². The molecule has 3 aliphatic heterocycles. The van der Waals surface area contributed by atoms with Crippen LogP contribution in [0.5, 0.6) is 0 Å². The van der Waals surface area contributed by atoms with Gasteiger partial charge in [-0.1, -0.05) is 6.42 Å². The van der Waals surface area contributed by atoms with Gasteiger partial charge in [-0.2, -0.15) is 0 Å². The smallest absolute Gasteiger partial charge is 0.00388 e. The summed E-state index contributed by atoms with van der Waals surface area (Å²) >= 11 is 0. The van der Waals surface area contributed by atoms with Gasteiger partial charge in [0.15, 0.2) is 0 Å². The molecule has 0 atom stereocenters. The molecule has 112 valence electrons. The van der Waals surface area contributed by atoms with E-state index in [1.807, 2.05) is 0 Å². The van der Waals surface area contributed by atoms with E-state index >= 15 is 0 Å². The summed E-state index contributed by atoms with van der Waals surface area (Å²) < 4.78 is 0. The second kappa shape index (κ2) is 7.08. The minimum absolute atomic E-state index is 0.769. The first-order valence-corrected chi connectivity index (χ1v) is 8.54. The summed E-state index contributed by atoms with van der Waals surface area (Å²) in [6.07, 6.45) is 7.34. The zero-order chi connectivity index (χ0) is 13.8. The summed E-state index contributed by atoms with van der Waals surface area (Å²) in [5.74, 6) is 2.14. The predicted molar refractivity (Wildman–Crippen MR) is 83.5 cm³/mol. The van der Waals surface area contributed by atoms with E-state index in [-0.39, 0.29) is 0 Å². The third-order valence-electron chi connectivity index (χ3n) is 5.17. The molecule has 4 rings (SSSR count). The van der Waals surface area contributed by atoms with E-state index in [4.69, 9.17) is 0 Å². The standard InChI is InChI=1S/C9H17N.C8H17N/c1-7(2)10-5-8-3-9(4-8)6-10;1-8(2)9-6-4-3-5-7-9/h7-9H,3-6H2,1-2H3;8H,3-7H2,1-2H3. The van der Waals surface area contributed by atoms with Crippen LogP contribution in [0.3, 0.4) is 0 Å². The van der Waals surface area contributed by atoms with Crippen molar-refractivity contribution < 1.29 is 0 Å². The lowest BCUT2D eigenvalue weighted by Crippen LogP contribution is -2.50. The van der Waals surface area contributed by atoms with E-state index in [0.717, 1.165) is 23.9 Å². The third-order valence-corrected chi connectivity index (χ3v) is 5.17. The molecule has 1 aliphatic carbocycles. The Bertz CT molecular complexity index is 240. The van der Waals surface area contributed by atoms with Gasteiger partial charge in [0.25, 0.3) is 0 Å². The van der Waals surface area contributed by atoms with Crippen LogP contribution >= 0.6 is 0 Å².